The fourth-order valence-electron chi connectivity index (χ4n) is 5.24. The summed E-state index contributed by atoms with van der Waals surface area (Å²) in [7, 11) is -4.14. The van der Waals surface area contributed by atoms with Gasteiger partial charge in [0.05, 0.1) is 10.6 Å². The van der Waals surface area contributed by atoms with Crippen LogP contribution in [0.4, 0.5) is 5.69 Å². The molecule has 9 heteroatoms. The third-order valence-electron chi connectivity index (χ3n) is 7.60. The predicted octanol–water partition coefficient (Wildman–Crippen LogP) is 6.02. The Morgan fingerprint density at radius 1 is 0.951 bits per heavy atom. The largest absolute Gasteiger partial charge is 0.352 e. The fourth-order valence-corrected chi connectivity index (χ4v) is 6.90. The van der Waals surface area contributed by atoms with Crippen molar-refractivity contribution in [3.8, 4) is 0 Å². The molecule has 0 aromatic heterocycles. The van der Waals surface area contributed by atoms with E-state index in [2.05, 4.69) is 5.32 Å². The minimum absolute atomic E-state index is 0.0560. The standard InChI is InChI=1S/C32H38ClN3O4S/c1-23-11-10-12-26(19-23)21-35(25(3)32(38)34-28-13-6-4-7-14-28)31(37)22-36(30-20-27(33)18-17-24(30)2)41(39,40)29-15-8-5-9-16-29/h5,8-12,15-20,25,28H,4,6-7,13-14,21-22H2,1-3H3,(H,34,38)/t25-/m1/s1. The first-order valence-corrected chi connectivity index (χ1v) is 15.9. The van der Waals surface area contributed by atoms with E-state index in [-0.39, 0.29) is 23.4 Å². The monoisotopic (exact) mass is 595 g/mol. The van der Waals surface area contributed by atoms with Crippen molar-refractivity contribution in [1.82, 2.24) is 10.2 Å². The van der Waals surface area contributed by atoms with Gasteiger partial charge in [-0.05, 0) is 69.0 Å². The summed E-state index contributed by atoms with van der Waals surface area (Å²) in [5.74, 6) is -0.731. The number of carbonyl (C=O) groups is 2. The molecule has 1 fully saturated rings. The highest BCUT2D eigenvalue weighted by Gasteiger charge is 2.33. The summed E-state index contributed by atoms with van der Waals surface area (Å²) in [6, 6.07) is 20.0. The van der Waals surface area contributed by atoms with E-state index in [1.165, 1.54) is 17.0 Å². The number of benzene rings is 3. The summed E-state index contributed by atoms with van der Waals surface area (Å²) >= 11 is 6.29. The summed E-state index contributed by atoms with van der Waals surface area (Å²) in [4.78, 5) is 29.1. The van der Waals surface area contributed by atoms with Crippen molar-refractivity contribution in [3.05, 3.63) is 94.5 Å². The Labute approximate surface area is 248 Å². The molecule has 3 aromatic carbocycles. The van der Waals surface area contributed by atoms with Crippen molar-refractivity contribution in [2.45, 2.75) is 76.4 Å². The van der Waals surface area contributed by atoms with Crippen LogP contribution in [0.2, 0.25) is 5.02 Å². The molecule has 1 saturated carbocycles. The van der Waals surface area contributed by atoms with Gasteiger partial charge in [0.2, 0.25) is 11.8 Å². The van der Waals surface area contributed by atoms with Gasteiger partial charge in [-0.1, -0.05) is 85.0 Å². The van der Waals surface area contributed by atoms with Gasteiger partial charge < -0.3 is 10.2 Å². The van der Waals surface area contributed by atoms with Crippen LogP contribution in [-0.2, 0) is 26.2 Å². The highest BCUT2D eigenvalue weighted by Crippen LogP contribution is 2.30. The number of halogens is 1. The van der Waals surface area contributed by atoms with Gasteiger partial charge in [-0.25, -0.2) is 8.42 Å². The summed E-state index contributed by atoms with van der Waals surface area (Å²) in [5.41, 5.74) is 2.84. The van der Waals surface area contributed by atoms with Crippen LogP contribution in [0.25, 0.3) is 0 Å². The zero-order chi connectivity index (χ0) is 29.6. The topological polar surface area (TPSA) is 86.8 Å². The van der Waals surface area contributed by atoms with Crippen molar-refractivity contribution in [1.29, 1.82) is 0 Å². The van der Waals surface area contributed by atoms with Gasteiger partial charge >= 0.3 is 0 Å². The van der Waals surface area contributed by atoms with Crippen molar-refractivity contribution in [2.24, 2.45) is 0 Å². The van der Waals surface area contributed by atoms with Crippen LogP contribution < -0.4 is 9.62 Å². The van der Waals surface area contributed by atoms with E-state index in [1.54, 1.807) is 50.2 Å². The molecule has 1 atom stereocenters. The minimum Gasteiger partial charge on any atom is -0.352 e. The van der Waals surface area contributed by atoms with E-state index < -0.39 is 28.5 Å². The van der Waals surface area contributed by atoms with Crippen molar-refractivity contribution >= 4 is 39.1 Å². The second kappa shape index (κ2) is 13.5. The smallest absolute Gasteiger partial charge is 0.264 e. The third-order valence-corrected chi connectivity index (χ3v) is 9.61. The average molecular weight is 596 g/mol. The van der Waals surface area contributed by atoms with Gasteiger partial charge in [0.1, 0.15) is 12.6 Å². The van der Waals surface area contributed by atoms with Crippen molar-refractivity contribution in [3.63, 3.8) is 0 Å². The van der Waals surface area contributed by atoms with Gasteiger partial charge in [0.15, 0.2) is 0 Å². The zero-order valence-electron chi connectivity index (χ0n) is 23.8. The number of rotatable bonds is 10. The maximum Gasteiger partial charge on any atom is 0.264 e. The van der Waals surface area contributed by atoms with E-state index >= 15 is 0 Å². The number of aryl methyl sites for hydroxylation is 2. The number of amides is 2. The van der Waals surface area contributed by atoms with Gasteiger partial charge in [-0.2, -0.15) is 0 Å². The molecule has 0 spiro atoms. The molecule has 41 heavy (non-hydrogen) atoms. The van der Waals surface area contributed by atoms with Gasteiger partial charge in [0.25, 0.3) is 10.0 Å². The molecule has 2 amide bonds. The van der Waals surface area contributed by atoms with Crippen LogP contribution in [0.15, 0.2) is 77.7 Å². The maximum atomic E-state index is 14.1. The number of nitrogens with zero attached hydrogens (tertiary/aromatic N) is 2. The Morgan fingerprint density at radius 3 is 2.34 bits per heavy atom. The van der Waals surface area contributed by atoms with Crippen LogP contribution >= 0.6 is 11.6 Å². The molecular formula is C32H38ClN3O4S. The minimum atomic E-state index is -4.14. The summed E-state index contributed by atoms with van der Waals surface area (Å²) in [6.07, 6.45) is 5.13. The number of hydrogen-bond acceptors (Lipinski definition) is 4. The second-order valence-electron chi connectivity index (χ2n) is 10.8. The first-order chi connectivity index (χ1) is 19.6. The number of nitrogens with one attached hydrogen (secondary N) is 1. The Morgan fingerprint density at radius 2 is 1.66 bits per heavy atom. The molecule has 1 N–H and O–H groups in total. The molecule has 7 nitrogen and oxygen atoms in total. The lowest BCUT2D eigenvalue weighted by Gasteiger charge is -2.33. The van der Waals surface area contributed by atoms with Crippen molar-refractivity contribution < 1.29 is 18.0 Å². The number of sulfonamides is 1. The molecule has 1 aliphatic carbocycles. The zero-order valence-corrected chi connectivity index (χ0v) is 25.4. The van der Waals surface area contributed by atoms with Crippen LogP contribution in [0.5, 0.6) is 0 Å². The van der Waals surface area contributed by atoms with E-state index in [1.807, 2.05) is 31.2 Å². The van der Waals surface area contributed by atoms with E-state index in [4.69, 9.17) is 11.6 Å². The fraction of sp³-hybridized carbons (Fsp3) is 0.375. The highest BCUT2D eigenvalue weighted by atomic mass is 35.5. The molecule has 1 aliphatic rings. The number of carbonyl (C=O) groups excluding carboxylic acids is 2. The predicted molar refractivity (Wildman–Crippen MR) is 163 cm³/mol. The van der Waals surface area contributed by atoms with Crippen LogP contribution in [0.1, 0.15) is 55.7 Å². The van der Waals surface area contributed by atoms with E-state index in [0.717, 1.165) is 47.5 Å². The maximum absolute atomic E-state index is 14.1. The van der Waals surface area contributed by atoms with Crippen LogP contribution in [-0.4, -0.2) is 43.8 Å². The SMILES string of the molecule is Cc1cccc(CN(C(=O)CN(c2cc(Cl)ccc2C)S(=O)(=O)c2ccccc2)[C@H](C)C(=O)NC2CCCCC2)c1. The molecule has 0 radical (unpaired) electrons. The molecule has 0 aliphatic heterocycles. The summed E-state index contributed by atoms with van der Waals surface area (Å²) in [5, 5.41) is 3.48. The van der Waals surface area contributed by atoms with Gasteiger partial charge in [-0.15, -0.1) is 0 Å². The normalized spacial score (nSPS) is 14.7. The highest BCUT2D eigenvalue weighted by molar-refractivity contribution is 7.92. The molecule has 4 rings (SSSR count). The van der Waals surface area contributed by atoms with Gasteiger partial charge in [0, 0.05) is 17.6 Å². The Balaban J connectivity index is 1.70. The third kappa shape index (κ3) is 7.68. The molecule has 0 saturated heterocycles. The Hall–Kier alpha value is -3.36. The lowest BCUT2D eigenvalue weighted by atomic mass is 9.95. The summed E-state index contributed by atoms with van der Waals surface area (Å²) < 4.78 is 29.0. The van der Waals surface area contributed by atoms with E-state index in [0.29, 0.717) is 16.3 Å². The number of hydrogen-bond donors (Lipinski definition) is 1. The average Bonchev–Trinajstić information content (AvgIpc) is 2.96. The van der Waals surface area contributed by atoms with E-state index in [9.17, 15) is 18.0 Å². The van der Waals surface area contributed by atoms with Gasteiger partial charge in [-0.3, -0.25) is 13.9 Å². The van der Waals surface area contributed by atoms with Crippen LogP contribution in [0.3, 0.4) is 0 Å². The first-order valence-electron chi connectivity index (χ1n) is 14.1. The molecule has 218 valence electrons. The molecule has 0 heterocycles. The summed E-state index contributed by atoms with van der Waals surface area (Å²) in [6.45, 7) is 5.10. The molecular weight excluding hydrogens is 558 g/mol. The Bertz CT molecular complexity index is 1470. The molecule has 0 bridgehead atoms. The molecule has 3 aromatic rings. The van der Waals surface area contributed by atoms with Crippen molar-refractivity contribution in [2.75, 3.05) is 10.8 Å². The lowest BCUT2D eigenvalue weighted by molar-refractivity contribution is -0.139. The second-order valence-corrected chi connectivity index (χ2v) is 13.1. The molecule has 0 unspecified atom stereocenters. The number of anilines is 1. The Kier molecular flexibility index (Phi) is 10.1. The first kappa shape index (κ1) is 30.6. The lowest BCUT2D eigenvalue weighted by Crippen LogP contribution is -2.53. The quantitative estimate of drug-likeness (QED) is 0.311. The van der Waals surface area contributed by atoms with Crippen LogP contribution in [0, 0.1) is 13.8 Å².